The number of hydrogen-bond acceptors (Lipinski definition) is 4. The molecule has 2 aliphatic rings. The molecule has 1 aliphatic carbocycles. The van der Waals surface area contributed by atoms with Crippen LogP contribution >= 0.6 is 24.8 Å². The highest BCUT2D eigenvalue weighted by molar-refractivity contribution is 5.85. The Morgan fingerprint density at radius 1 is 1.30 bits per heavy atom. The predicted octanol–water partition coefficient (Wildman–Crippen LogP) is 2.97. The Hall–Kier alpha value is -0.710. The van der Waals surface area contributed by atoms with Gasteiger partial charge in [0.1, 0.15) is 12.7 Å². The molecule has 2 atom stereocenters. The summed E-state index contributed by atoms with van der Waals surface area (Å²) in [7, 11) is 0. The Morgan fingerprint density at radius 3 is 2.90 bits per heavy atom. The van der Waals surface area contributed by atoms with Crippen LogP contribution in [0.4, 0.5) is 0 Å². The summed E-state index contributed by atoms with van der Waals surface area (Å²) in [5.41, 5.74) is 1.11. The molecule has 1 aromatic rings. The number of halogens is 2. The third-order valence-electron chi connectivity index (χ3n) is 3.80. The third-order valence-corrected chi connectivity index (χ3v) is 3.80. The van der Waals surface area contributed by atoms with E-state index in [1.165, 1.54) is 12.8 Å². The molecular weight excluding hydrogens is 299 g/mol. The Morgan fingerprint density at radius 2 is 2.15 bits per heavy atom. The molecule has 114 valence electrons. The smallest absolute Gasteiger partial charge is 0.221 e. The van der Waals surface area contributed by atoms with Gasteiger partial charge >= 0.3 is 0 Å². The van der Waals surface area contributed by atoms with Gasteiger partial charge in [-0.15, -0.1) is 24.8 Å². The Labute approximate surface area is 132 Å². The summed E-state index contributed by atoms with van der Waals surface area (Å²) in [5.74, 6) is 2.06. The van der Waals surface area contributed by atoms with Crippen molar-refractivity contribution < 1.29 is 9.47 Å². The fourth-order valence-corrected chi connectivity index (χ4v) is 2.66. The van der Waals surface area contributed by atoms with E-state index in [1.54, 1.807) is 0 Å². The first-order valence-corrected chi connectivity index (χ1v) is 6.83. The van der Waals surface area contributed by atoms with Crippen molar-refractivity contribution in [2.45, 2.75) is 38.8 Å². The second-order valence-corrected chi connectivity index (χ2v) is 5.20. The SMILES string of the molecule is CC1CCCC1Oc1ccc2c(n1)OCCNC2.Cl.Cl. The molecule has 0 radical (unpaired) electrons. The zero-order chi connectivity index (χ0) is 12.4. The normalized spacial score (nSPS) is 24.4. The van der Waals surface area contributed by atoms with E-state index in [4.69, 9.17) is 9.47 Å². The Kier molecular flexibility index (Phi) is 6.86. The summed E-state index contributed by atoms with van der Waals surface area (Å²) < 4.78 is 11.6. The van der Waals surface area contributed by atoms with Crippen LogP contribution in [0.2, 0.25) is 0 Å². The van der Waals surface area contributed by atoms with E-state index in [-0.39, 0.29) is 24.8 Å². The number of pyridine rings is 1. The highest BCUT2D eigenvalue weighted by atomic mass is 35.5. The molecule has 4 nitrogen and oxygen atoms in total. The van der Waals surface area contributed by atoms with E-state index in [2.05, 4.69) is 23.3 Å². The van der Waals surface area contributed by atoms with Crippen LogP contribution in [-0.2, 0) is 6.54 Å². The number of nitrogens with one attached hydrogen (secondary N) is 1. The molecule has 0 saturated heterocycles. The molecule has 0 bridgehead atoms. The van der Waals surface area contributed by atoms with E-state index < -0.39 is 0 Å². The Balaban J connectivity index is 0.000001000. The monoisotopic (exact) mass is 320 g/mol. The lowest BCUT2D eigenvalue weighted by molar-refractivity contribution is 0.158. The number of nitrogens with zero attached hydrogens (tertiary/aromatic N) is 1. The molecule has 0 amide bonds. The second-order valence-electron chi connectivity index (χ2n) is 5.20. The second kappa shape index (κ2) is 7.91. The lowest BCUT2D eigenvalue weighted by Crippen LogP contribution is -2.19. The van der Waals surface area contributed by atoms with Gasteiger partial charge in [-0.25, -0.2) is 0 Å². The number of ether oxygens (including phenoxy) is 2. The average molecular weight is 321 g/mol. The van der Waals surface area contributed by atoms with E-state index >= 15 is 0 Å². The molecule has 0 spiro atoms. The molecule has 1 N–H and O–H groups in total. The van der Waals surface area contributed by atoms with Crippen LogP contribution < -0.4 is 14.8 Å². The van der Waals surface area contributed by atoms with Gasteiger partial charge in [0.25, 0.3) is 0 Å². The van der Waals surface area contributed by atoms with Crippen molar-refractivity contribution in [3.05, 3.63) is 17.7 Å². The standard InChI is InChI=1S/C14H20N2O2.2ClH/c1-10-3-2-4-12(10)18-13-6-5-11-9-15-7-8-17-14(11)16-13;;/h5-6,10,12,15H,2-4,7-9H2,1H3;2*1H. The molecule has 1 aliphatic heterocycles. The van der Waals surface area contributed by atoms with Crippen LogP contribution in [0.5, 0.6) is 11.8 Å². The molecule has 2 heterocycles. The lowest BCUT2D eigenvalue weighted by atomic mass is 10.1. The number of hydrogen-bond donors (Lipinski definition) is 1. The van der Waals surface area contributed by atoms with Crippen molar-refractivity contribution in [3.8, 4) is 11.8 Å². The van der Waals surface area contributed by atoms with Crippen LogP contribution in [0.3, 0.4) is 0 Å². The summed E-state index contributed by atoms with van der Waals surface area (Å²) in [5, 5.41) is 3.30. The van der Waals surface area contributed by atoms with E-state index in [9.17, 15) is 0 Å². The lowest BCUT2D eigenvalue weighted by Gasteiger charge is -2.17. The van der Waals surface area contributed by atoms with Gasteiger partial charge in [-0.2, -0.15) is 4.98 Å². The van der Waals surface area contributed by atoms with Gasteiger partial charge in [0.15, 0.2) is 0 Å². The molecule has 0 aromatic carbocycles. The fraction of sp³-hybridized carbons (Fsp3) is 0.643. The van der Waals surface area contributed by atoms with Crippen molar-refractivity contribution in [1.82, 2.24) is 10.3 Å². The zero-order valence-corrected chi connectivity index (χ0v) is 13.3. The van der Waals surface area contributed by atoms with Crippen LogP contribution in [0.1, 0.15) is 31.7 Å². The quantitative estimate of drug-likeness (QED) is 0.909. The first-order valence-electron chi connectivity index (χ1n) is 6.83. The zero-order valence-electron chi connectivity index (χ0n) is 11.6. The van der Waals surface area contributed by atoms with Crippen LogP contribution in [-0.4, -0.2) is 24.2 Å². The molecule has 1 saturated carbocycles. The fourth-order valence-electron chi connectivity index (χ4n) is 2.66. The maximum absolute atomic E-state index is 5.98. The summed E-state index contributed by atoms with van der Waals surface area (Å²) in [6.07, 6.45) is 3.98. The first-order chi connectivity index (χ1) is 8.83. The molecule has 6 heteroatoms. The van der Waals surface area contributed by atoms with Crippen molar-refractivity contribution in [2.24, 2.45) is 5.92 Å². The first kappa shape index (κ1) is 17.3. The molecule has 1 fully saturated rings. The summed E-state index contributed by atoms with van der Waals surface area (Å²) >= 11 is 0. The maximum Gasteiger partial charge on any atom is 0.221 e. The van der Waals surface area contributed by atoms with E-state index in [1.807, 2.05) is 6.07 Å². The van der Waals surface area contributed by atoms with E-state index in [0.29, 0.717) is 24.5 Å². The van der Waals surface area contributed by atoms with Gasteiger partial charge in [0, 0.05) is 24.7 Å². The van der Waals surface area contributed by atoms with Gasteiger partial charge in [0.05, 0.1) is 0 Å². The third kappa shape index (κ3) is 3.90. The number of fused-ring (bicyclic) bond motifs is 1. The van der Waals surface area contributed by atoms with Crippen molar-refractivity contribution in [3.63, 3.8) is 0 Å². The molecular formula is C14H22Cl2N2O2. The minimum atomic E-state index is 0. The van der Waals surface area contributed by atoms with Crippen LogP contribution in [0.15, 0.2) is 12.1 Å². The summed E-state index contributed by atoms with van der Waals surface area (Å²) in [6.45, 7) is 4.61. The van der Waals surface area contributed by atoms with Crippen LogP contribution in [0.25, 0.3) is 0 Å². The largest absolute Gasteiger partial charge is 0.476 e. The Bertz CT molecular complexity index is 432. The summed E-state index contributed by atoms with van der Waals surface area (Å²) in [6, 6.07) is 4.01. The summed E-state index contributed by atoms with van der Waals surface area (Å²) in [4.78, 5) is 4.49. The molecule has 20 heavy (non-hydrogen) atoms. The minimum absolute atomic E-state index is 0. The molecule has 3 rings (SSSR count). The topological polar surface area (TPSA) is 43.4 Å². The van der Waals surface area contributed by atoms with Crippen LogP contribution in [0, 0.1) is 5.92 Å². The van der Waals surface area contributed by atoms with Crippen molar-refractivity contribution in [1.29, 1.82) is 0 Å². The van der Waals surface area contributed by atoms with Gasteiger partial charge in [-0.3, -0.25) is 0 Å². The predicted molar refractivity (Wildman–Crippen MR) is 83.4 cm³/mol. The molecule has 2 unspecified atom stereocenters. The van der Waals surface area contributed by atoms with Gasteiger partial charge in [-0.05, 0) is 31.2 Å². The van der Waals surface area contributed by atoms with Crippen molar-refractivity contribution in [2.75, 3.05) is 13.2 Å². The number of aromatic nitrogens is 1. The van der Waals surface area contributed by atoms with Gasteiger partial charge in [0.2, 0.25) is 11.8 Å². The van der Waals surface area contributed by atoms with Crippen molar-refractivity contribution >= 4 is 24.8 Å². The van der Waals surface area contributed by atoms with Gasteiger partial charge < -0.3 is 14.8 Å². The highest BCUT2D eigenvalue weighted by Crippen LogP contribution is 2.30. The molecule has 1 aromatic heterocycles. The highest BCUT2D eigenvalue weighted by Gasteiger charge is 2.25. The number of rotatable bonds is 2. The van der Waals surface area contributed by atoms with Gasteiger partial charge in [-0.1, -0.05) is 6.92 Å². The maximum atomic E-state index is 5.98. The average Bonchev–Trinajstić information content (AvgIpc) is 2.65. The minimum Gasteiger partial charge on any atom is -0.476 e. The van der Waals surface area contributed by atoms with E-state index in [0.717, 1.165) is 31.0 Å².